The number of benzene rings is 2. The molecule has 0 radical (unpaired) electrons. The zero-order valence-corrected chi connectivity index (χ0v) is 20.4. The number of hydrogen-bond acceptors (Lipinski definition) is 7. The second kappa shape index (κ2) is 12.7. The van der Waals surface area contributed by atoms with Gasteiger partial charge in [-0.05, 0) is 29.8 Å². The normalized spacial score (nSPS) is 10.9. The first-order chi connectivity index (χ1) is 16.9. The average molecular weight is 519 g/mol. The molecule has 1 heterocycles. The first-order valence-electron chi connectivity index (χ1n) is 10.6. The summed E-state index contributed by atoms with van der Waals surface area (Å²) >= 11 is 11.7. The van der Waals surface area contributed by atoms with Crippen molar-refractivity contribution >= 4 is 46.7 Å². The molecule has 0 saturated heterocycles. The summed E-state index contributed by atoms with van der Waals surface area (Å²) in [6.07, 6.45) is 4.65. The first-order valence-corrected chi connectivity index (χ1v) is 11.7. The lowest BCUT2D eigenvalue weighted by atomic mass is 10.1. The lowest BCUT2D eigenvalue weighted by molar-refractivity contribution is -0.385. The Morgan fingerprint density at radius 3 is 2.57 bits per heavy atom. The summed E-state index contributed by atoms with van der Waals surface area (Å²) in [4.78, 5) is 29.3. The molecule has 0 fully saturated rings. The van der Waals surface area contributed by atoms with E-state index in [9.17, 15) is 14.9 Å². The van der Waals surface area contributed by atoms with Crippen molar-refractivity contribution in [1.29, 1.82) is 0 Å². The van der Waals surface area contributed by atoms with E-state index in [1.807, 2.05) is 24.3 Å². The van der Waals surface area contributed by atoms with Crippen molar-refractivity contribution in [3.05, 3.63) is 70.7 Å². The van der Waals surface area contributed by atoms with Crippen LogP contribution in [0.15, 0.2) is 60.1 Å². The van der Waals surface area contributed by atoms with Gasteiger partial charge in [0.15, 0.2) is 5.75 Å². The van der Waals surface area contributed by atoms with Crippen LogP contribution < -0.4 is 15.1 Å². The summed E-state index contributed by atoms with van der Waals surface area (Å²) < 4.78 is 6.58. The first kappa shape index (κ1) is 26.0. The van der Waals surface area contributed by atoms with E-state index >= 15 is 0 Å². The smallest absolute Gasteiger partial charge is 0.311 e. The molecule has 35 heavy (non-hydrogen) atoms. The van der Waals surface area contributed by atoms with Crippen LogP contribution in [0.4, 0.5) is 11.4 Å². The van der Waals surface area contributed by atoms with Crippen molar-refractivity contribution in [3.63, 3.8) is 0 Å². The van der Waals surface area contributed by atoms with E-state index in [2.05, 4.69) is 20.4 Å². The number of carbonyl (C=O) groups is 1. The van der Waals surface area contributed by atoms with Gasteiger partial charge in [0.1, 0.15) is 6.54 Å². The molecule has 12 heteroatoms. The highest BCUT2D eigenvalue weighted by atomic mass is 35.5. The van der Waals surface area contributed by atoms with Gasteiger partial charge in [0, 0.05) is 48.4 Å². The number of rotatable bonds is 12. The van der Waals surface area contributed by atoms with E-state index < -0.39 is 4.92 Å². The fourth-order valence-corrected chi connectivity index (χ4v) is 3.72. The molecule has 1 N–H and O–H groups in total. The van der Waals surface area contributed by atoms with Crippen LogP contribution in [-0.2, 0) is 11.3 Å². The maximum Gasteiger partial charge on any atom is 0.311 e. The molecule has 184 valence electrons. The quantitative estimate of drug-likeness (QED) is 0.168. The van der Waals surface area contributed by atoms with E-state index in [0.29, 0.717) is 36.1 Å². The molecule has 0 atom stereocenters. The number of carbonyl (C=O) groups excluding carboxylic acids is 1. The molecule has 1 aromatic heterocycles. The van der Waals surface area contributed by atoms with Crippen molar-refractivity contribution < 1.29 is 14.5 Å². The number of aromatic nitrogens is 2. The fourth-order valence-electron chi connectivity index (χ4n) is 3.31. The Labute approximate surface area is 212 Å². The third-order valence-electron chi connectivity index (χ3n) is 5.00. The highest BCUT2D eigenvalue weighted by Crippen LogP contribution is 2.31. The van der Waals surface area contributed by atoms with Gasteiger partial charge in [-0.25, -0.2) is 10.4 Å². The summed E-state index contributed by atoms with van der Waals surface area (Å²) in [5, 5.41) is 15.2. The summed E-state index contributed by atoms with van der Waals surface area (Å²) in [7, 11) is 1.37. The molecule has 1 amide bonds. The molecule has 0 aliphatic rings. The lowest BCUT2D eigenvalue weighted by Crippen LogP contribution is -2.27. The summed E-state index contributed by atoms with van der Waals surface area (Å²) in [6.45, 7) is 1.37. The molecule has 0 unspecified atom stereocenters. The number of imidazole rings is 1. The number of nitro benzene ring substituents is 1. The predicted octanol–water partition coefficient (Wildman–Crippen LogP) is 3.90. The highest BCUT2D eigenvalue weighted by molar-refractivity contribution is 6.18. The number of ether oxygens (including phenoxy) is 1. The van der Waals surface area contributed by atoms with Crippen LogP contribution in [0.25, 0.3) is 11.3 Å². The van der Waals surface area contributed by atoms with Crippen molar-refractivity contribution in [2.45, 2.75) is 6.54 Å². The van der Waals surface area contributed by atoms with Gasteiger partial charge < -0.3 is 14.2 Å². The minimum Gasteiger partial charge on any atom is -0.490 e. The molecule has 0 spiro atoms. The molecule has 10 nitrogen and oxygen atoms in total. The van der Waals surface area contributed by atoms with Crippen LogP contribution in [0.2, 0.25) is 0 Å². The number of nitro groups is 1. The third kappa shape index (κ3) is 7.17. The maximum atomic E-state index is 12.3. The topological polar surface area (TPSA) is 115 Å². The minimum absolute atomic E-state index is 0.0205. The van der Waals surface area contributed by atoms with E-state index in [0.717, 1.165) is 11.3 Å². The molecule has 3 aromatic rings. The van der Waals surface area contributed by atoms with Gasteiger partial charge in [-0.1, -0.05) is 12.1 Å². The average Bonchev–Trinajstić information content (AvgIpc) is 3.32. The Bertz CT molecular complexity index is 1180. The molecular weight excluding hydrogens is 495 g/mol. The van der Waals surface area contributed by atoms with E-state index in [-0.39, 0.29) is 23.9 Å². The molecule has 0 saturated carbocycles. The molecule has 0 bridgehead atoms. The number of halogens is 2. The van der Waals surface area contributed by atoms with E-state index in [1.165, 1.54) is 25.6 Å². The number of amides is 1. The van der Waals surface area contributed by atoms with Gasteiger partial charge >= 0.3 is 5.69 Å². The van der Waals surface area contributed by atoms with Gasteiger partial charge in [-0.15, -0.1) is 23.2 Å². The monoisotopic (exact) mass is 518 g/mol. The van der Waals surface area contributed by atoms with Gasteiger partial charge in [0.05, 0.1) is 30.3 Å². The Hall–Kier alpha value is -3.63. The van der Waals surface area contributed by atoms with Crippen molar-refractivity contribution in [3.8, 4) is 17.0 Å². The minimum atomic E-state index is -0.520. The zero-order chi connectivity index (χ0) is 25.2. The van der Waals surface area contributed by atoms with Crippen molar-refractivity contribution in [1.82, 2.24) is 15.0 Å². The summed E-state index contributed by atoms with van der Waals surface area (Å²) in [6, 6.07) is 12.2. The van der Waals surface area contributed by atoms with Crippen molar-refractivity contribution in [2.75, 3.05) is 36.9 Å². The third-order valence-corrected chi connectivity index (χ3v) is 5.34. The van der Waals surface area contributed by atoms with Gasteiger partial charge in [-0.2, -0.15) is 5.10 Å². The Balaban J connectivity index is 1.57. The number of nitrogens with zero attached hydrogens (tertiary/aromatic N) is 5. The predicted molar refractivity (Wildman–Crippen MR) is 137 cm³/mol. The Morgan fingerprint density at radius 1 is 1.23 bits per heavy atom. The van der Waals surface area contributed by atoms with Crippen LogP contribution >= 0.6 is 23.2 Å². The van der Waals surface area contributed by atoms with E-state index in [1.54, 1.807) is 23.0 Å². The number of anilines is 1. The fraction of sp³-hybridized carbons (Fsp3) is 0.261. The van der Waals surface area contributed by atoms with Gasteiger partial charge in [0.25, 0.3) is 5.91 Å². The molecule has 0 aliphatic heterocycles. The van der Waals surface area contributed by atoms with Crippen LogP contribution in [-0.4, -0.2) is 58.6 Å². The maximum absolute atomic E-state index is 12.3. The number of methoxy groups -OCH3 is 1. The van der Waals surface area contributed by atoms with Gasteiger partial charge in [-0.3, -0.25) is 14.9 Å². The highest BCUT2D eigenvalue weighted by Gasteiger charge is 2.17. The van der Waals surface area contributed by atoms with Crippen LogP contribution in [0, 0.1) is 10.1 Å². The zero-order valence-electron chi connectivity index (χ0n) is 18.9. The molecular formula is C23H24Cl2N6O4. The van der Waals surface area contributed by atoms with Crippen LogP contribution in [0.1, 0.15) is 5.56 Å². The van der Waals surface area contributed by atoms with Gasteiger partial charge in [0.2, 0.25) is 0 Å². The SMILES string of the molecule is COc1ccc(-c2cn(CC(=O)N/N=C/c3ccc(N(CCCl)CCCl)cc3)cn2)cc1[N+](=O)[O-]. The summed E-state index contributed by atoms with van der Waals surface area (Å²) in [5.41, 5.74) is 5.16. The van der Waals surface area contributed by atoms with E-state index in [4.69, 9.17) is 27.9 Å². The number of hydrogen-bond donors (Lipinski definition) is 1. The molecule has 3 rings (SSSR count). The second-order valence-electron chi connectivity index (χ2n) is 7.32. The van der Waals surface area contributed by atoms with Crippen molar-refractivity contribution in [2.24, 2.45) is 5.10 Å². The number of alkyl halides is 2. The summed E-state index contributed by atoms with van der Waals surface area (Å²) in [5.74, 6) is 0.820. The largest absolute Gasteiger partial charge is 0.490 e. The molecule has 2 aromatic carbocycles. The molecule has 0 aliphatic carbocycles. The second-order valence-corrected chi connectivity index (χ2v) is 8.08. The van der Waals surface area contributed by atoms with Crippen LogP contribution in [0.5, 0.6) is 5.75 Å². The number of hydrazone groups is 1. The Kier molecular flexibility index (Phi) is 9.45. The lowest BCUT2D eigenvalue weighted by Gasteiger charge is -2.22. The number of nitrogens with one attached hydrogen (secondary N) is 1. The standard InChI is InChI=1S/C23H24Cl2N6O4/c1-35-22-7-4-18(12-21(22)31(33)34)20-14-29(16-26-20)15-23(32)28-27-13-17-2-5-19(6-3-17)30(10-8-24)11-9-25/h2-7,12-14,16H,8-11,15H2,1H3,(H,28,32)/b27-13+. The van der Waals surface area contributed by atoms with Crippen LogP contribution in [0.3, 0.4) is 0 Å². The Morgan fingerprint density at radius 2 is 1.94 bits per heavy atom.